The molecule has 0 bridgehead atoms. The van der Waals surface area contributed by atoms with Gasteiger partial charge in [0.2, 0.25) is 0 Å². The fourth-order valence-electron chi connectivity index (χ4n) is 0.964. The molecule has 1 atom stereocenters. The van der Waals surface area contributed by atoms with Gasteiger partial charge in [0, 0.05) is 0 Å². The molecule has 0 aliphatic heterocycles. The molecule has 0 spiro atoms. The third-order valence-corrected chi connectivity index (χ3v) is 2.37. The fraction of sp³-hybridized carbons (Fsp3) is 0.273. The van der Waals surface area contributed by atoms with Crippen LogP contribution in [-0.4, -0.2) is 13.9 Å². The summed E-state index contributed by atoms with van der Waals surface area (Å²) in [7, 11) is -0.871. The Kier molecular flexibility index (Phi) is 3.75. The molecule has 0 heterocycles. The van der Waals surface area contributed by atoms with E-state index in [4.69, 9.17) is 0 Å². The SMILES string of the molecule is C[SiH](C)C#C[C@H](O)c1ccccc1. The van der Waals surface area contributed by atoms with Gasteiger partial charge in [-0.1, -0.05) is 49.3 Å². The van der Waals surface area contributed by atoms with Crippen LogP contribution in [0.5, 0.6) is 0 Å². The number of benzene rings is 1. The van der Waals surface area contributed by atoms with Gasteiger partial charge in [0.1, 0.15) is 14.9 Å². The summed E-state index contributed by atoms with van der Waals surface area (Å²) >= 11 is 0. The summed E-state index contributed by atoms with van der Waals surface area (Å²) in [5.41, 5.74) is 3.96. The van der Waals surface area contributed by atoms with Gasteiger partial charge in [0.25, 0.3) is 0 Å². The quantitative estimate of drug-likeness (QED) is 0.528. The maximum Gasteiger partial charge on any atom is 0.139 e. The molecule has 0 saturated carbocycles. The minimum atomic E-state index is -0.871. The normalized spacial score (nSPS) is 12.0. The first kappa shape index (κ1) is 10.0. The van der Waals surface area contributed by atoms with Crippen LogP contribution in [0, 0.1) is 11.5 Å². The molecule has 0 saturated heterocycles. The Bertz CT molecular complexity index is 308. The Labute approximate surface area is 81.0 Å². The van der Waals surface area contributed by atoms with Crippen LogP contribution in [0.4, 0.5) is 0 Å². The fourth-order valence-corrected chi connectivity index (χ4v) is 1.46. The van der Waals surface area contributed by atoms with Gasteiger partial charge in [-0.05, 0) is 5.56 Å². The Morgan fingerprint density at radius 2 is 1.85 bits per heavy atom. The zero-order chi connectivity index (χ0) is 9.68. The zero-order valence-corrected chi connectivity index (χ0v) is 9.14. The van der Waals surface area contributed by atoms with E-state index in [-0.39, 0.29) is 0 Å². The second-order valence-electron chi connectivity index (χ2n) is 3.26. The van der Waals surface area contributed by atoms with Crippen LogP contribution in [-0.2, 0) is 0 Å². The van der Waals surface area contributed by atoms with E-state index in [0.29, 0.717) is 0 Å². The Hall–Kier alpha value is -1.04. The van der Waals surface area contributed by atoms with Crippen LogP contribution >= 0.6 is 0 Å². The van der Waals surface area contributed by atoms with Crippen LogP contribution in [0.25, 0.3) is 0 Å². The van der Waals surface area contributed by atoms with E-state index in [1.807, 2.05) is 30.3 Å². The summed E-state index contributed by atoms with van der Waals surface area (Å²) in [6, 6.07) is 9.53. The van der Waals surface area contributed by atoms with Gasteiger partial charge in [-0.2, -0.15) is 0 Å². The molecule has 0 unspecified atom stereocenters. The molecule has 1 aromatic carbocycles. The molecule has 1 N–H and O–H groups in total. The molecule has 68 valence electrons. The van der Waals surface area contributed by atoms with E-state index in [1.165, 1.54) is 0 Å². The molecular weight excluding hydrogens is 176 g/mol. The van der Waals surface area contributed by atoms with Gasteiger partial charge in [-0.25, -0.2) is 0 Å². The standard InChI is InChI=1S/C11H14OSi/c1-13(2)9-8-11(12)10-6-4-3-5-7-10/h3-7,11-13H,1-2H3/t11-/m0/s1. The number of hydrogen-bond acceptors (Lipinski definition) is 1. The molecule has 0 amide bonds. The monoisotopic (exact) mass is 190 g/mol. The predicted octanol–water partition coefficient (Wildman–Crippen LogP) is 1.75. The van der Waals surface area contributed by atoms with E-state index in [9.17, 15) is 5.11 Å². The van der Waals surface area contributed by atoms with Gasteiger partial charge < -0.3 is 5.11 Å². The van der Waals surface area contributed by atoms with Gasteiger partial charge in [-0.3, -0.25) is 0 Å². The maximum atomic E-state index is 9.62. The van der Waals surface area contributed by atoms with Gasteiger partial charge in [0.15, 0.2) is 0 Å². The lowest BCUT2D eigenvalue weighted by Crippen LogP contribution is -1.98. The van der Waals surface area contributed by atoms with Crippen molar-refractivity contribution in [2.24, 2.45) is 0 Å². The summed E-state index contributed by atoms with van der Waals surface area (Å²) in [6.07, 6.45) is -0.615. The van der Waals surface area contributed by atoms with Crippen molar-refractivity contribution in [3.8, 4) is 11.5 Å². The molecule has 13 heavy (non-hydrogen) atoms. The average molecular weight is 190 g/mol. The van der Waals surface area contributed by atoms with E-state index in [1.54, 1.807) is 0 Å². The topological polar surface area (TPSA) is 20.2 Å². The molecule has 1 rings (SSSR count). The summed E-state index contributed by atoms with van der Waals surface area (Å²) in [6.45, 7) is 4.29. The van der Waals surface area contributed by atoms with Crippen molar-refractivity contribution in [3.63, 3.8) is 0 Å². The maximum absolute atomic E-state index is 9.62. The lowest BCUT2D eigenvalue weighted by Gasteiger charge is -2.02. The van der Waals surface area contributed by atoms with E-state index in [0.717, 1.165) is 5.56 Å². The Morgan fingerprint density at radius 1 is 1.23 bits per heavy atom. The first-order chi connectivity index (χ1) is 6.20. The average Bonchev–Trinajstić information content (AvgIpc) is 2.15. The third kappa shape index (κ3) is 3.45. The highest BCUT2D eigenvalue weighted by atomic mass is 28.3. The third-order valence-electron chi connectivity index (χ3n) is 1.62. The van der Waals surface area contributed by atoms with Crippen LogP contribution in [0.1, 0.15) is 11.7 Å². The lowest BCUT2D eigenvalue weighted by molar-refractivity contribution is 0.238. The summed E-state index contributed by atoms with van der Waals surface area (Å²) in [5.74, 6) is 2.87. The Balaban J connectivity index is 2.71. The molecule has 0 aliphatic rings. The first-order valence-corrected chi connectivity index (χ1v) is 7.33. The van der Waals surface area contributed by atoms with Gasteiger partial charge in [0.05, 0.1) is 0 Å². The molecular formula is C11H14OSi. The highest BCUT2D eigenvalue weighted by Crippen LogP contribution is 2.09. The highest BCUT2D eigenvalue weighted by molar-refractivity contribution is 6.64. The summed E-state index contributed by atoms with van der Waals surface area (Å²) < 4.78 is 0. The molecule has 0 aromatic heterocycles. The molecule has 1 nitrogen and oxygen atoms in total. The highest BCUT2D eigenvalue weighted by Gasteiger charge is 2.00. The molecule has 1 aromatic rings. The predicted molar refractivity (Wildman–Crippen MR) is 58.1 cm³/mol. The minimum absolute atomic E-state index is 0.615. The molecule has 0 radical (unpaired) electrons. The van der Waals surface area contributed by atoms with E-state index in [2.05, 4.69) is 24.6 Å². The van der Waals surface area contributed by atoms with E-state index >= 15 is 0 Å². The number of rotatable bonds is 1. The van der Waals surface area contributed by atoms with Crippen molar-refractivity contribution in [3.05, 3.63) is 35.9 Å². The summed E-state index contributed by atoms with van der Waals surface area (Å²) in [4.78, 5) is 0. The summed E-state index contributed by atoms with van der Waals surface area (Å²) in [5, 5.41) is 9.62. The van der Waals surface area contributed by atoms with Crippen molar-refractivity contribution in [1.29, 1.82) is 0 Å². The van der Waals surface area contributed by atoms with E-state index < -0.39 is 14.9 Å². The van der Waals surface area contributed by atoms with Crippen LogP contribution < -0.4 is 0 Å². The smallest absolute Gasteiger partial charge is 0.139 e. The number of aliphatic hydroxyl groups is 1. The lowest BCUT2D eigenvalue weighted by atomic mass is 10.1. The van der Waals surface area contributed by atoms with Crippen molar-refractivity contribution in [2.45, 2.75) is 19.2 Å². The molecule has 2 heteroatoms. The van der Waals surface area contributed by atoms with Crippen LogP contribution in [0.3, 0.4) is 0 Å². The van der Waals surface area contributed by atoms with Crippen LogP contribution in [0.2, 0.25) is 13.1 Å². The van der Waals surface area contributed by atoms with Crippen LogP contribution in [0.15, 0.2) is 30.3 Å². The Morgan fingerprint density at radius 3 is 2.38 bits per heavy atom. The number of hydrogen-bond donors (Lipinski definition) is 1. The molecule has 0 fully saturated rings. The van der Waals surface area contributed by atoms with Gasteiger partial charge in [-0.15, -0.1) is 5.54 Å². The second-order valence-corrected chi connectivity index (χ2v) is 5.85. The largest absolute Gasteiger partial charge is 0.376 e. The van der Waals surface area contributed by atoms with Crippen molar-refractivity contribution < 1.29 is 5.11 Å². The van der Waals surface area contributed by atoms with Crippen molar-refractivity contribution >= 4 is 8.80 Å². The zero-order valence-electron chi connectivity index (χ0n) is 7.99. The number of aliphatic hydroxyl groups excluding tert-OH is 1. The van der Waals surface area contributed by atoms with Crippen molar-refractivity contribution in [2.75, 3.05) is 0 Å². The second kappa shape index (κ2) is 4.86. The van der Waals surface area contributed by atoms with Crippen molar-refractivity contribution in [1.82, 2.24) is 0 Å². The minimum Gasteiger partial charge on any atom is -0.376 e. The molecule has 0 aliphatic carbocycles. The van der Waals surface area contributed by atoms with Gasteiger partial charge >= 0.3 is 0 Å². The first-order valence-electron chi connectivity index (χ1n) is 4.44.